The molecule has 2 amide bonds. The molecule has 0 spiro atoms. The van der Waals surface area contributed by atoms with Crippen LogP contribution in [0, 0.1) is 11.8 Å². The van der Waals surface area contributed by atoms with Crippen LogP contribution in [0.15, 0.2) is 28.7 Å². The maximum absolute atomic E-state index is 13.9. The number of carbonyl (C=O) groups excluding carboxylic acids is 4. The summed E-state index contributed by atoms with van der Waals surface area (Å²) in [5.74, 6) is -7.54. The number of likely N-dealkylation sites (N-methyl/N-ethyl adjacent to an activating group) is 1. The molecule has 39 heavy (non-hydrogen) atoms. The summed E-state index contributed by atoms with van der Waals surface area (Å²) in [4.78, 5) is 54.9. The Morgan fingerprint density at radius 3 is 2.36 bits per heavy atom. The molecule has 0 radical (unpaired) electrons. The first-order chi connectivity index (χ1) is 18.2. The molecule has 0 aromatic heterocycles. The minimum absolute atomic E-state index is 0.000993. The summed E-state index contributed by atoms with van der Waals surface area (Å²) in [7, 11) is 6.62. The number of phenolic OH excluding ortho intramolecular Hbond substituents is 1. The normalized spacial score (nSPS) is 26.3. The van der Waals surface area contributed by atoms with Crippen LogP contribution in [-0.2, 0) is 20.8 Å². The van der Waals surface area contributed by atoms with Gasteiger partial charge in [-0.3, -0.25) is 24.1 Å². The van der Waals surface area contributed by atoms with Gasteiger partial charge in [0.2, 0.25) is 11.7 Å². The fourth-order valence-electron chi connectivity index (χ4n) is 6.11. The molecule has 0 saturated heterocycles. The van der Waals surface area contributed by atoms with Gasteiger partial charge in [-0.2, -0.15) is 11.8 Å². The maximum atomic E-state index is 13.9. The average Bonchev–Trinajstić information content (AvgIpc) is 2.82. The van der Waals surface area contributed by atoms with E-state index in [0.717, 1.165) is 0 Å². The number of nitrogens with zero attached hydrogens (tertiary/aromatic N) is 2. The highest BCUT2D eigenvalue weighted by atomic mass is 32.2. The Hall–Kier alpha value is -3.55. The molecule has 7 N–H and O–H groups in total. The first-order valence-corrected chi connectivity index (χ1v) is 13.6. The number of phenols is 1. The van der Waals surface area contributed by atoms with Crippen molar-refractivity contribution in [2.45, 2.75) is 24.5 Å². The molecule has 0 bridgehead atoms. The second-order valence-corrected chi connectivity index (χ2v) is 11.4. The lowest BCUT2D eigenvalue weighted by molar-refractivity contribution is -0.148. The number of Topliss-reactive ketones (excluding diaryl/α,β-unsaturated/α-hetero) is 2. The van der Waals surface area contributed by atoms with E-state index in [-0.39, 0.29) is 35.4 Å². The van der Waals surface area contributed by atoms with Crippen LogP contribution in [0.25, 0.3) is 0 Å². The number of benzene rings is 1. The van der Waals surface area contributed by atoms with Crippen molar-refractivity contribution < 1.29 is 39.6 Å². The van der Waals surface area contributed by atoms with E-state index in [1.165, 1.54) is 16.7 Å². The molecule has 210 valence electrons. The number of aliphatic hydroxyl groups is 3. The number of nitrogens with one attached hydrogen (secondary N) is 1. The van der Waals surface area contributed by atoms with Gasteiger partial charge in [-0.05, 0) is 50.7 Å². The first-order valence-electron chi connectivity index (χ1n) is 12.2. The predicted octanol–water partition coefficient (Wildman–Crippen LogP) is 0.488. The van der Waals surface area contributed by atoms with Crippen molar-refractivity contribution in [1.82, 2.24) is 4.90 Å². The number of aliphatic hydroxyl groups excluding tert-OH is 2. The van der Waals surface area contributed by atoms with Gasteiger partial charge in [-0.15, -0.1) is 0 Å². The SMILES string of the molecule is CSCC(=O)Nc1cc(N(C)C)c2c(c1O)C(=O)C1=C(O)[C@]3(O)C(=O)C(C(N)=O)=C(O)[C@@H](N(C)C)[C@@H]3C[C@@H]1C2. The van der Waals surface area contributed by atoms with Crippen LogP contribution in [0.1, 0.15) is 22.3 Å². The molecule has 13 heteroatoms. The van der Waals surface area contributed by atoms with Crippen molar-refractivity contribution in [3.63, 3.8) is 0 Å². The minimum Gasteiger partial charge on any atom is -0.510 e. The first kappa shape index (κ1) is 28.5. The third-order valence-electron chi connectivity index (χ3n) is 7.73. The number of amides is 2. The summed E-state index contributed by atoms with van der Waals surface area (Å²) < 4.78 is 0. The van der Waals surface area contributed by atoms with E-state index in [4.69, 9.17) is 5.73 Å². The number of nitrogens with two attached hydrogens (primary N) is 1. The Morgan fingerprint density at radius 2 is 1.82 bits per heavy atom. The van der Waals surface area contributed by atoms with E-state index < -0.39 is 69.7 Å². The number of fused-ring (bicyclic) bond motifs is 3. The lowest BCUT2D eigenvalue weighted by Crippen LogP contribution is -2.63. The molecule has 0 fully saturated rings. The number of aromatic hydroxyl groups is 1. The standard InChI is InChI=1S/C26H32N4O8S/c1-29(2)14-8-13(28-15(31)9-39-5)20(32)17-11(14)6-10-7-12-19(30(3)4)22(34)18(25(27)37)24(36)26(12,38)23(35)16(10)21(17)33/h8,10,12,19,32,34-35,38H,6-7,9H2,1-5H3,(H2,27,37)(H,28,31)/t10-,12-,19-,26-/m0/s1. The van der Waals surface area contributed by atoms with Gasteiger partial charge >= 0.3 is 0 Å². The van der Waals surface area contributed by atoms with Crippen molar-refractivity contribution in [1.29, 1.82) is 0 Å². The van der Waals surface area contributed by atoms with Crippen molar-refractivity contribution in [2.24, 2.45) is 17.6 Å². The highest BCUT2D eigenvalue weighted by molar-refractivity contribution is 7.99. The second kappa shape index (κ2) is 9.88. The lowest BCUT2D eigenvalue weighted by atomic mass is 9.58. The molecular weight excluding hydrogens is 528 g/mol. The summed E-state index contributed by atoms with van der Waals surface area (Å²) >= 11 is 1.28. The van der Waals surface area contributed by atoms with E-state index in [2.05, 4.69) is 5.32 Å². The Kier molecular flexibility index (Phi) is 7.21. The van der Waals surface area contributed by atoms with Crippen LogP contribution in [-0.4, -0.2) is 101 Å². The van der Waals surface area contributed by atoms with Crippen LogP contribution in [0.5, 0.6) is 5.75 Å². The topological polar surface area (TPSA) is 194 Å². The zero-order valence-electron chi connectivity index (χ0n) is 22.2. The van der Waals surface area contributed by atoms with Crippen molar-refractivity contribution in [2.75, 3.05) is 50.4 Å². The molecule has 1 aromatic carbocycles. The van der Waals surface area contributed by atoms with Crippen molar-refractivity contribution in [3.05, 3.63) is 39.9 Å². The highest BCUT2D eigenvalue weighted by Crippen LogP contribution is 2.53. The van der Waals surface area contributed by atoms with Crippen LogP contribution in [0.3, 0.4) is 0 Å². The number of hydrogen-bond donors (Lipinski definition) is 6. The third-order valence-corrected chi connectivity index (χ3v) is 8.28. The molecule has 4 rings (SSSR count). The lowest BCUT2D eigenvalue weighted by Gasteiger charge is -2.50. The van der Waals surface area contributed by atoms with E-state index >= 15 is 0 Å². The second-order valence-electron chi connectivity index (χ2n) is 10.5. The quantitative estimate of drug-likeness (QED) is 0.209. The van der Waals surface area contributed by atoms with Gasteiger partial charge in [-0.1, -0.05) is 0 Å². The number of thioether (sulfide) groups is 1. The number of allylic oxidation sites excluding steroid dienone is 1. The summed E-state index contributed by atoms with van der Waals surface area (Å²) in [6, 6.07) is 0.500. The van der Waals surface area contributed by atoms with Crippen LogP contribution in [0.4, 0.5) is 11.4 Å². The monoisotopic (exact) mass is 560 g/mol. The van der Waals surface area contributed by atoms with Crippen LogP contribution in [0.2, 0.25) is 0 Å². The molecule has 0 aliphatic heterocycles. The van der Waals surface area contributed by atoms with Gasteiger partial charge in [0.15, 0.2) is 17.1 Å². The molecule has 1 aromatic rings. The molecular formula is C26H32N4O8S. The van der Waals surface area contributed by atoms with Gasteiger partial charge in [0.25, 0.3) is 5.91 Å². The Balaban J connectivity index is 1.95. The van der Waals surface area contributed by atoms with Gasteiger partial charge in [0, 0.05) is 31.3 Å². The maximum Gasteiger partial charge on any atom is 0.255 e. The van der Waals surface area contributed by atoms with Gasteiger partial charge < -0.3 is 36.4 Å². The summed E-state index contributed by atoms with van der Waals surface area (Å²) in [5, 5.41) is 47.7. The highest BCUT2D eigenvalue weighted by Gasteiger charge is 2.63. The minimum atomic E-state index is -2.71. The number of carbonyl (C=O) groups is 4. The molecule has 3 aliphatic rings. The molecule has 3 aliphatic carbocycles. The van der Waals surface area contributed by atoms with E-state index in [0.29, 0.717) is 11.3 Å². The number of primary amides is 1. The Morgan fingerprint density at radius 1 is 1.18 bits per heavy atom. The van der Waals surface area contributed by atoms with Crippen LogP contribution < -0.4 is 16.0 Å². The number of rotatable bonds is 6. The number of anilines is 2. The summed E-state index contributed by atoms with van der Waals surface area (Å²) in [6.07, 6.45) is 1.88. The fourth-order valence-corrected chi connectivity index (χ4v) is 6.44. The fraction of sp³-hybridized carbons (Fsp3) is 0.462. The number of hydrogen-bond acceptors (Lipinski definition) is 11. The predicted molar refractivity (Wildman–Crippen MR) is 145 cm³/mol. The largest absolute Gasteiger partial charge is 0.510 e. The summed E-state index contributed by atoms with van der Waals surface area (Å²) in [5.41, 5.74) is 2.38. The van der Waals surface area contributed by atoms with Gasteiger partial charge in [0.05, 0.1) is 23.0 Å². The third kappa shape index (κ3) is 4.15. The zero-order valence-corrected chi connectivity index (χ0v) is 23.0. The molecule has 0 heterocycles. The molecule has 4 atom stereocenters. The molecule has 0 unspecified atom stereocenters. The van der Waals surface area contributed by atoms with Gasteiger partial charge in [0.1, 0.15) is 17.1 Å². The van der Waals surface area contributed by atoms with E-state index in [9.17, 15) is 39.6 Å². The van der Waals surface area contributed by atoms with Crippen molar-refractivity contribution in [3.8, 4) is 5.75 Å². The average molecular weight is 561 g/mol. The zero-order chi connectivity index (χ0) is 29.1. The molecule has 12 nitrogen and oxygen atoms in total. The smallest absolute Gasteiger partial charge is 0.255 e. The van der Waals surface area contributed by atoms with Gasteiger partial charge in [-0.25, -0.2) is 0 Å². The van der Waals surface area contributed by atoms with E-state index in [1.807, 2.05) is 0 Å². The van der Waals surface area contributed by atoms with Crippen LogP contribution >= 0.6 is 11.8 Å². The number of ketones is 2. The Bertz CT molecular complexity index is 1370. The van der Waals surface area contributed by atoms with E-state index in [1.54, 1.807) is 45.4 Å². The Labute approximate surface area is 229 Å². The van der Waals surface area contributed by atoms with Crippen molar-refractivity contribution >= 4 is 46.5 Å². The summed E-state index contributed by atoms with van der Waals surface area (Å²) in [6.45, 7) is 0. The molecule has 0 saturated carbocycles.